The molecule has 1 amide bonds. The molecule has 0 spiro atoms. The third-order valence-electron chi connectivity index (χ3n) is 3.14. The summed E-state index contributed by atoms with van der Waals surface area (Å²) in [5.41, 5.74) is 0. The molecule has 1 N–H and O–H groups in total. The van der Waals surface area contributed by atoms with Crippen molar-refractivity contribution >= 4 is 5.91 Å². The molecular formula is C10H17NO. The average Bonchev–Trinajstić information content (AvgIpc) is 2.80. The minimum atomic E-state index is 0.314. The molecule has 0 aromatic rings. The van der Waals surface area contributed by atoms with Crippen molar-refractivity contribution in [3.8, 4) is 0 Å². The molecule has 2 atom stereocenters. The quantitative estimate of drug-likeness (QED) is 0.666. The summed E-state index contributed by atoms with van der Waals surface area (Å²) >= 11 is 0. The van der Waals surface area contributed by atoms with Crippen molar-refractivity contribution in [2.75, 3.05) is 0 Å². The average molecular weight is 167 g/mol. The van der Waals surface area contributed by atoms with Crippen LogP contribution in [0.2, 0.25) is 0 Å². The van der Waals surface area contributed by atoms with Gasteiger partial charge in [0, 0.05) is 12.0 Å². The summed E-state index contributed by atoms with van der Waals surface area (Å²) in [4.78, 5) is 11.4. The van der Waals surface area contributed by atoms with Crippen molar-refractivity contribution in [1.82, 2.24) is 5.32 Å². The Bertz CT molecular complexity index is 186. The summed E-state index contributed by atoms with van der Waals surface area (Å²) in [6.45, 7) is 2.24. The highest BCUT2D eigenvalue weighted by atomic mass is 16.2. The highest BCUT2D eigenvalue weighted by molar-refractivity contribution is 5.81. The standard InChI is InChI=1S/C10H17NO/c1-7-3-2-4-9(7)11-10(12)8-5-6-8/h7-9H,2-6H2,1H3,(H,11,12). The van der Waals surface area contributed by atoms with Crippen LogP contribution in [0.1, 0.15) is 39.0 Å². The zero-order valence-electron chi connectivity index (χ0n) is 7.68. The number of hydrogen-bond donors (Lipinski definition) is 1. The molecular weight excluding hydrogens is 150 g/mol. The smallest absolute Gasteiger partial charge is 0.223 e. The molecule has 2 saturated carbocycles. The zero-order chi connectivity index (χ0) is 8.55. The van der Waals surface area contributed by atoms with Gasteiger partial charge in [0.2, 0.25) is 5.91 Å². The first-order valence-electron chi connectivity index (χ1n) is 5.08. The van der Waals surface area contributed by atoms with Gasteiger partial charge in [0.25, 0.3) is 0 Å². The van der Waals surface area contributed by atoms with Crippen LogP contribution in [0, 0.1) is 11.8 Å². The summed E-state index contributed by atoms with van der Waals surface area (Å²) in [5.74, 6) is 1.39. The predicted octanol–water partition coefficient (Wildman–Crippen LogP) is 1.70. The molecule has 2 fully saturated rings. The second-order valence-corrected chi connectivity index (χ2v) is 4.30. The van der Waals surface area contributed by atoms with Crippen LogP contribution in [-0.4, -0.2) is 11.9 Å². The third-order valence-corrected chi connectivity index (χ3v) is 3.14. The second-order valence-electron chi connectivity index (χ2n) is 4.30. The van der Waals surface area contributed by atoms with E-state index < -0.39 is 0 Å². The fourth-order valence-electron chi connectivity index (χ4n) is 2.01. The molecule has 2 nitrogen and oxygen atoms in total. The first kappa shape index (κ1) is 8.09. The van der Waals surface area contributed by atoms with E-state index in [0.717, 1.165) is 12.8 Å². The normalized spacial score (nSPS) is 35.1. The van der Waals surface area contributed by atoms with Gasteiger partial charge in [-0.2, -0.15) is 0 Å². The SMILES string of the molecule is CC1CCCC1NC(=O)C1CC1. The molecule has 68 valence electrons. The fraction of sp³-hybridized carbons (Fsp3) is 0.900. The Morgan fingerprint density at radius 2 is 2.00 bits per heavy atom. The van der Waals surface area contributed by atoms with Gasteiger partial charge in [-0.3, -0.25) is 4.79 Å². The summed E-state index contributed by atoms with van der Waals surface area (Å²) in [7, 11) is 0. The van der Waals surface area contributed by atoms with Crippen molar-refractivity contribution < 1.29 is 4.79 Å². The second kappa shape index (κ2) is 3.08. The van der Waals surface area contributed by atoms with E-state index in [1.807, 2.05) is 0 Å². The van der Waals surface area contributed by atoms with Crippen LogP contribution in [0.3, 0.4) is 0 Å². The Morgan fingerprint density at radius 3 is 2.50 bits per heavy atom. The van der Waals surface area contributed by atoms with Gasteiger partial charge in [0.05, 0.1) is 0 Å². The van der Waals surface area contributed by atoms with Crippen LogP contribution >= 0.6 is 0 Å². The number of carbonyl (C=O) groups is 1. The molecule has 0 heterocycles. The van der Waals surface area contributed by atoms with E-state index >= 15 is 0 Å². The monoisotopic (exact) mass is 167 g/mol. The van der Waals surface area contributed by atoms with Crippen LogP contribution in [-0.2, 0) is 4.79 Å². The van der Waals surface area contributed by atoms with Gasteiger partial charge >= 0.3 is 0 Å². The van der Waals surface area contributed by atoms with Crippen LogP contribution < -0.4 is 5.32 Å². The Kier molecular flexibility index (Phi) is 2.07. The van der Waals surface area contributed by atoms with E-state index in [2.05, 4.69) is 12.2 Å². The van der Waals surface area contributed by atoms with Gasteiger partial charge in [-0.15, -0.1) is 0 Å². The molecule has 0 aliphatic heterocycles. The number of amides is 1. The maximum Gasteiger partial charge on any atom is 0.223 e. The molecule has 0 aromatic carbocycles. The highest BCUT2D eigenvalue weighted by Crippen LogP contribution is 2.31. The summed E-state index contributed by atoms with van der Waals surface area (Å²) in [6.07, 6.45) is 6.01. The van der Waals surface area contributed by atoms with Gasteiger partial charge in [-0.05, 0) is 31.6 Å². The molecule has 0 bridgehead atoms. The fourth-order valence-corrected chi connectivity index (χ4v) is 2.01. The van der Waals surface area contributed by atoms with E-state index in [9.17, 15) is 4.79 Å². The lowest BCUT2D eigenvalue weighted by atomic mass is 10.1. The molecule has 2 aliphatic carbocycles. The molecule has 0 saturated heterocycles. The van der Waals surface area contributed by atoms with Gasteiger partial charge in [-0.1, -0.05) is 13.3 Å². The summed E-state index contributed by atoms with van der Waals surface area (Å²) in [6, 6.07) is 0.484. The molecule has 2 aliphatic rings. The molecule has 12 heavy (non-hydrogen) atoms. The van der Waals surface area contributed by atoms with Crippen LogP contribution in [0.15, 0.2) is 0 Å². The maximum atomic E-state index is 11.4. The van der Waals surface area contributed by atoms with E-state index in [-0.39, 0.29) is 0 Å². The van der Waals surface area contributed by atoms with Crippen LogP contribution in [0.5, 0.6) is 0 Å². The van der Waals surface area contributed by atoms with Gasteiger partial charge < -0.3 is 5.32 Å². The lowest BCUT2D eigenvalue weighted by Gasteiger charge is -2.16. The van der Waals surface area contributed by atoms with Crippen molar-refractivity contribution in [3.63, 3.8) is 0 Å². The molecule has 2 rings (SSSR count). The van der Waals surface area contributed by atoms with Crippen molar-refractivity contribution in [1.29, 1.82) is 0 Å². The molecule has 2 unspecified atom stereocenters. The topological polar surface area (TPSA) is 29.1 Å². The maximum absolute atomic E-state index is 11.4. The van der Waals surface area contributed by atoms with Gasteiger partial charge in [0.1, 0.15) is 0 Å². The summed E-state index contributed by atoms with van der Waals surface area (Å²) < 4.78 is 0. The first-order chi connectivity index (χ1) is 5.77. The lowest BCUT2D eigenvalue weighted by Crippen LogP contribution is -2.37. The number of carbonyl (C=O) groups excluding carboxylic acids is 1. The van der Waals surface area contributed by atoms with Crippen molar-refractivity contribution in [2.45, 2.75) is 45.1 Å². The molecule has 0 aromatic heterocycles. The first-order valence-corrected chi connectivity index (χ1v) is 5.08. The highest BCUT2D eigenvalue weighted by Gasteiger charge is 2.33. The lowest BCUT2D eigenvalue weighted by molar-refractivity contribution is -0.123. The van der Waals surface area contributed by atoms with Crippen molar-refractivity contribution in [3.05, 3.63) is 0 Å². The Labute approximate surface area is 73.7 Å². The van der Waals surface area contributed by atoms with Crippen LogP contribution in [0.25, 0.3) is 0 Å². The molecule has 2 heteroatoms. The van der Waals surface area contributed by atoms with Gasteiger partial charge in [-0.25, -0.2) is 0 Å². The predicted molar refractivity (Wildman–Crippen MR) is 47.7 cm³/mol. The van der Waals surface area contributed by atoms with E-state index in [0.29, 0.717) is 23.8 Å². The van der Waals surface area contributed by atoms with Crippen LogP contribution in [0.4, 0.5) is 0 Å². The van der Waals surface area contributed by atoms with Crippen molar-refractivity contribution in [2.24, 2.45) is 11.8 Å². The number of rotatable bonds is 2. The number of nitrogens with one attached hydrogen (secondary N) is 1. The van der Waals surface area contributed by atoms with E-state index in [4.69, 9.17) is 0 Å². The Hall–Kier alpha value is -0.530. The number of hydrogen-bond acceptors (Lipinski definition) is 1. The minimum absolute atomic E-state index is 0.314. The zero-order valence-corrected chi connectivity index (χ0v) is 7.68. The Balaban J connectivity index is 1.80. The largest absolute Gasteiger partial charge is 0.353 e. The summed E-state index contributed by atoms with van der Waals surface area (Å²) in [5, 5.41) is 3.15. The van der Waals surface area contributed by atoms with Gasteiger partial charge in [0.15, 0.2) is 0 Å². The van der Waals surface area contributed by atoms with E-state index in [1.165, 1.54) is 19.3 Å². The minimum Gasteiger partial charge on any atom is -0.353 e. The third kappa shape index (κ3) is 1.62. The van der Waals surface area contributed by atoms with E-state index in [1.54, 1.807) is 0 Å². The molecule has 0 radical (unpaired) electrons. The Morgan fingerprint density at radius 1 is 1.25 bits per heavy atom.